The molecule has 3 heteroatoms. The standard InChI is InChI=1S/C7H6BrFS/c1-4-2-3-5(9)6(8)7(4)10/h2-3,10H,1H3. The van der Waals surface area contributed by atoms with Crippen LogP contribution < -0.4 is 0 Å². The van der Waals surface area contributed by atoms with Crippen molar-refractivity contribution in [2.75, 3.05) is 0 Å². The van der Waals surface area contributed by atoms with E-state index in [0.717, 1.165) is 5.56 Å². The first-order chi connectivity index (χ1) is 4.63. The lowest BCUT2D eigenvalue weighted by Gasteiger charge is -2.00. The summed E-state index contributed by atoms with van der Waals surface area (Å²) in [4.78, 5) is 0.667. The smallest absolute Gasteiger partial charge is 0.138 e. The molecule has 1 aromatic rings. The summed E-state index contributed by atoms with van der Waals surface area (Å²) < 4.78 is 13.1. The fourth-order valence-corrected chi connectivity index (χ4v) is 1.26. The van der Waals surface area contributed by atoms with Gasteiger partial charge in [0.05, 0.1) is 4.47 Å². The van der Waals surface area contributed by atoms with Gasteiger partial charge in [-0.05, 0) is 34.5 Å². The molecule has 0 aliphatic rings. The molecule has 1 rings (SSSR count). The second-order valence-electron chi connectivity index (χ2n) is 2.03. The largest absolute Gasteiger partial charge is 0.206 e. The molecular weight excluding hydrogens is 215 g/mol. The lowest BCUT2D eigenvalue weighted by atomic mass is 10.2. The third-order valence-corrected chi connectivity index (χ3v) is 2.93. The Labute approximate surface area is 73.0 Å². The lowest BCUT2D eigenvalue weighted by Crippen LogP contribution is -1.82. The van der Waals surface area contributed by atoms with E-state index in [1.54, 1.807) is 6.07 Å². The van der Waals surface area contributed by atoms with E-state index in [4.69, 9.17) is 0 Å². The van der Waals surface area contributed by atoms with E-state index in [0.29, 0.717) is 9.37 Å². The maximum Gasteiger partial charge on any atom is 0.138 e. The van der Waals surface area contributed by atoms with Crippen molar-refractivity contribution in [3.05, 3.63) is 28.0 Å². The topological polar surface area (TPSA) is 0 Å². The van der Waals surface area contributed by atoms with Crippen LogP contribution in [0.4, 0.5) is 4.39 Å². The van der Waals surface area contributed by atoms with Crippen LogP contribution in [-0.4, -0.2) is 0 Å². The number of rotatable bonds is 0. The molecule has 0 atom stereocenters. The molecule has 0 heterocycles. The number of aryl methyl sites for hydroxylation is 1. The Morgan fingerprint density at radius 1 is 1.50 bits per heavy atom. The van der Waals surface area contributed by atoms with Crippen LogP contribution in [0.2, 0.25) is 0 Å². The predicted octanol–water partition coefficient (Wildman–Crippen LogP) is 3.19. The molecule has 0 N–H and O–H groups in total. The number of benzene rings is 1. The minimum Gasteiger partial charge on any atom is -0.206 e. The summed E-state index contributed by atoms with van der Waals surface area (Å²) >= 11 is 7.17. The highest BCUT2D eigenvalue weighted by atomic mass is 79.9. The van der Waals surface area contributed by atoms with Gasteiger partial charge in [0.2, 0.25) is 0 Å². The van der Waals surface area contributed by atoms with Gasteiger partial charge in [-0.15, -0.1) is 12.6 Å². The molecular formula is C7H6BrFS. The van der Waals surface area contributed by atoms with Crippen LogP contribution in [0.15, 0.2) is 21.5 Å². The highest BCUT2D eigenvalue weighted by Gasteiger charge is 2.03. The number of halogens is 2. The Kier molecular flexibility index (Phi) is 2.36. The van der Waals surface area contributed by atoms with Crippen LogP contribution in [0.3, 0.4) is 0 Å². The molecule has 1 aromatic carbocycles. The van der Waals surface area contributed by atoms with Crippen molar-refractivity contribution in [1.82, 2.24) is 0 Å². The number of hydrogen-bond donors (Lipinski definition) is 1. The van der Waals surface area contributed by atoms with Crippen LogP contribution in [0.1, 0.15) is 5.56 Å². The highest BCUT2D eigenvalue weighted by molar-refractivity contribution is 9.10. The molecule has 0 bridgehead atoms. The summed E-state index contributed by atoms with van der Waals surface area (Å²) in [7, 11) is 0. The maximum atomic E-state index is 12.7. The summed E-state index contributed by atoms with van der Waals surface area (Å²) in [5, 5.41) is 0. The van der Waals surface area contributed by atoms with Gasteiger partial charge in [0, 0.05) is 4.90 Å². The van der Waals surface area contributed by atoms with Crippen molar-refractivity contribution in [2.24, 2.45) is 0 Å². The Balaban J connectivity index is 3.34. The zero-order chi connectivity index (χ0) is 7.72. The van der Waals surface area contributed by atoms with Gasteiger partial charge >= 0.3 is 0 Å². The summed E-state index contributed by atoms with van der Waals surface area (Å²) in [5.74, 6) is -0.268. The van der Waals surface area contributed by atoms with E-state index in [1.165, 1.54) is 6.07 Å². The Bertz CT molecular complexity index is 233. The van der Waals surface area contributed by atoms with Gasteiger partial charge in [0.25, 0.3) is 0 Å². The normalized spacial score (nSPS) is 10.0. The lowest BCUT2D eigenvalue weighted by molar-refractivity contribution is 0.616. The van der Waals surface area contributed by atoms with Crippen molar-refractivity contribution >= 4 is 28.6 Å². The van der Waals surface area contributed by atoms with Gasteiger partial charge in [-0.2, -0.15) is 0 Å². The molecule has 54 valence electrons. The summed E-state index contributed by atoms with van der Waals surface area (Å²) in [5.41, 5.74) is 0.969. The monoisotopic (exact) mass is 220 g/mol. The van der Waals surface area contributed by atoms with Gasteiger partial charge in [-0.25, -0.2) is 4.39 Å². The summed E-state index contributed by atoms with van der Waals surface area (Å²) in [6, 6.07) is 3.11. The van der Waals surface area contributed by atoms with Crippen LogP contribution in [0, 0.1) is 12.7 Å². The second-order valence-corrected chi connectivity index (χ2v) is 3.27. The molecule has 0 amide bonds. The molecule has 0 saturated carbocycles. The third kappa shape index (κ3) is 1.35. The summed E-state index contributed by atoms with van der Waals surface area (Å²) in [6.45, 7) is 1.88. The van der Waals surface area contributed by atoms with E-state index in [-0.39, 0.29) is 5.82 Å². The van der Waals surface area contributed by atoms with Gasteiger partial charge < -0.3 is 0 Å². The molecule has 0 saturated heterocycles. The SMILES string of the molecule is Cc1ccc(F)c(Br)c1S. The van der Waals surface area contributed by atoms with Crippen molar-refractivity contribution < 1.29 is 4.39 Å². The molecule has 0 spiro atoms. The minimum absolute atomic E-state index is 0.268. The Morgan fingerprint density at radius 3 is 2.60 bits per heavy atom. The maximum absolute atomic E-state index is 12.7. The van der Waals surface area contributed by atoms with Crippen molar-refractivity contribution in [2.45, 2.75) is 11.8 Å². The highest BCUT2D eigenvalue weighted by Crippen LogP contribution is 2.26. The molecule has 0 fully saturated rings. The average molecular weight is 221 g/mol. The Morgan fingerprint density at radius 2 is 2.10 bits per heavy atom. The molecule has 0 unspecified atom stereocenters. The average Bonchev–Trinajstić information content (AvgIpc) is 1.93. The fraction of sp³-hybridized carbons (Fsp3) is 0.143. The van der Waals surface area contributed by atoms with Gasteiger partial charge in [-0.1, -0.05) is 6.07 Å². The third-order valence-electron chi connectivity index (χ3n) is 1.27. The summed E-state index contributed by atoms with van der Waals surface area (Å²) in [6.07, 6.45) is 0. The van der Waals surface area contributed by atoms with Crippen LogP contribution in [0.5, 0.6) is 0 Å². The van der Waals surface area contributed by atoms with Gasteiger partial charge in [0.15, 0.2) is 0 Å². The van der Waals surface area contributed by atoms with E-state index < -0.39 is 0 Å². The van der Waals surface area contributed by atoms with E-state index in [1.807, 2.05) is 6.92 Å². The Hall–Kier alpha value is -0.0200. The number of hydrogen-bond acceptors (Lipinski definition) is 1. The van der Waals surface area contributed by atoms with Crippen molar-refractivity contribution in [3.63, 3.8) is 0 Å². The minimum atomic E-state index is -0.268. The molecule has 10 heavy (non-hydrogen) atoms. The second kappa shape index (κ2) is 2.93. The first-order valence-corrected chi connectivity index (χ1v) is 4.00. The molecule has 0 aliphatic heterocycles. The number of thiol groups is 1. The van der Waals surface area contributed by atoms with Crippen LogP contribution in [-0.2, 0) is 0 Å². The van der Waals surface area contributed by atoms with Gasteiger partial charge in [-0.3, -0.25) is 0 Å². The van der Waals surface area contributed by atoms with E-state index in [2.05, 4.69) is 28.6 Å². The molecule has 0 radical (unpaired) electrons. The first-order valence-electron chi connectivity index (χ1n) is 2.76. The van der Waals surface area contributed by atoms with Crippen LogP contribution >= 0.6 is 28.6 Å². The predicted molar refractivity (Wildman–Crippen MR) is 46.1 cm³/mol. The zero-order valence-electron chi connectivity index (χ0n) is 5.36. The van der Waals surface area contributed by atoms with Crippen LogP contribution in [0.25, 0.3) is 0 Å². The molecule has 0 aliphatic carbocycles. The molecule has 0 nitrogen and oxygen atoms in total. The quantitative estimate of drug-likeness (QED) is 0.639. The molecule has 0 aromatic heterocycles. The van der Waals surface area contributed by atoms with Crippen molar-refractivity contribution in [3.8, 4) is 0 Å². The fourth-order valence-electron chi connectivity index (χ4n) is 0.636. The first kappa shape index (κ1) is 8.08. The zero-order valence-corrected chi connectivity index (χ0v) is 7.84. The van der Waals surface area contributed by atoms with E-state index in [9.17, 15) is 4.39 Å². The van der Waals surface area contributed by atoms with E-state index >= 15 is 0 Å². The van der Waals surface area contributed by atoms with Gasteiger partial charge in [0.1, 0.15) is 5.82 Å². The van der Waals surface area contributed by atoms with Crippen molar-refractivity contribution in [1.29, 1.82) is 0 Å².